The molecule has 3 rings (SSSR count). The maximum absolute atomic E-state index is 14.6. The molecule has 7 heteroatoms. The molecule has 0 aliphatic rings. The number of anilines is 1. The molecular formula is C22H18F2N2O3. The van der Waals surface area contributed by atoms with Crippen LogP contribution in [0.1, 0.15) is 33.2 Å². The number of benzene rings is 2. The highest BCUT2D eigenvalue weighted by molar-refractivity contribution is 5.97. The smallest absolute Gasteiger partial charge is 0.341 e. The molecule has 1 aromatic heterocycles. The van der Waals surface area contributed by atoms with Gasteiger partial charge in [-0.15, -0.1) is 0 Å². The molecule has 0 bridgehead atoms. The van der Waals surface area contributed by atoms with Crippen LogP contribution >= 0.6 is 0 Å². The minimum absolute atomic E-state index is 0.0949. The molecule has 1 N–H and O–H groups in total. The van der Waals surface area contributed by atoms with E-state index in [1.165, 1.54) is 31.3 Å². The fraction of sp³-hybridized carbons (Fsp3) is 0.136. The minimum atomic E-state index is -0.833. The topological polar surface area (TPSA) is 68.3 Å². The number of nitrogens with one attached hydrogen (secondary N) is 1. The second kappa shape index (κ2) is 8.60. The van der Waals surface area contributed by atoms with Crippen molar-refractivity contribution in [2.75, 3.05) is 12.4 Å². The summed E-state index contributed by atoms with van der Waals surface area (Å²) in [6, 6.07) is 11.7. The lowest BCUT2D eigenvalue weighted by molar-refractivity contribution is 0.0596. The van der Waals surface area contributed by atoms with Gasteiger partial charge in [-0.2, -0.15) is 0 Å². The van der Waals surface area contributed by atoms with Gasteiger partial charge in [0.25, 0.3) is 0 Å². The highest BCUT2D eigenvalue weighted by atomic mass is 19.1. The number of carbonyl (C=O) groups is 2. The second-order valence-corrected chi connectivity index (χ2v) is 6.30. The number of halogens is 2. The molecule has 0 unspecified atom stereocenters. The molecule has 2 aromatic carbocycles. The lowest BCUT2D eigenvalue weighted by atomic mass is 9.98. The van der Waals surface area contributed by atoms with E-state index >= 15 is 0 Å². The van der Waals surface area contributed by atoms with E-state index in [9.17, 15) is 18.4 Å². The third-order valence-corrected chi connectivity index (χ3v) is 4.39. The Morgan fingerprint density at radius 3 is 2.55 bits per heavy atom. The molecule has 148 valence electrons. The van der Waals surface area contributed by atoms with E-state index in [1.54, 1.807) is 24.3 Å². The van der Waals surface area contributed by atoms with Crippen molar-refractivity contribution in [3.63, 3.8) is 0 Å². The summed E-state index contributed by atoms with van der Waals surface area (Å²) in [7, 11) is 1.16. The van der Waals surface area contributed by atoms with Gasteiger partial charge in [0.15, 0.2) is 5.78 Å². The first-order valence-corrected chi connectivity index (χ1v) is 8.77. The van der Waals surface area contributed by atoms with E-state index in [-0.39, 0.29) is 23.5 Å². The van der Waals surface area contributed by atoms with E-state index in [0.29, 0.717) is 22.5 Å². The highest BCUT2D eigenvalue weighted by Crippen LogP contribution is 2.28. The molecule has 5 nitrogen and oxygen atoms in total. The first kappa shape index (κ1) is 20.1. The number of methoxy groups -OCH3 is 1. The first-order chi connectivity index (χ1) is 13.9. The van der Waals surface area contributed by atoms with Crippen LogP contribution in [0.3, 0.4) is 0 Å². The van der Waals surface area contributed by atoms with Gasteiger partial charge in [-0.3, -0.25) is 4.79 Å². The van der Waals surface area contributed by atoms with E-state index in [2.05, 4.69) is 15.0 Å². The van der Waals surface area contributed by atoms with Crippen LogP contribution in [0.2, 0.25) is 0 Å². The molecule has 29 heavy (non-hydrogen) atoms. The third kappa shape index (κ3) is 4.45. The molecule has 0 atom stereocenters. The summed E-state index contributed by atoms with van der Waals surface area (Å²) in [4.78, 5) is 27.5. The molecule has 0 spiro atoms. The van der Waals surface area contributed by atoms with E-state index in [0.717, 1.165) is 13.2 Å². The molecule has 0 saturated carbocycles. The lowest BCUT2D eigenvalue weighted by Gasteiger charge is -2.12. The Balaban J connectivity index is 1.85. The predicted octanol–water partition coefficient (Wildman–Crippen LogP) is 4.63. The first-order valence-electron chi connectivity index (χ1n) is 8.77. The van der Waals surface area contributed by atoms with E-state index in [4.69, 9.17) is 0 Å². The van der Waals surface area contributed by atoms with Crippen molar-refractivity contribution in [2.45, 2.75) is 13.5 Å². The highest BCUT2D eigenvalue weighted by Gasteiger charge is 2.19. The van der Waals surface area contributed by atoms with Crippen molar-refractivity contribution >= 4 is 17.6 Å². The Labute approximate surface area is 166 Å². The van der Waals surface area contributed by atoms with Crippen LogP contribution in [0.4, 0.5) is 14.6 Å². The van der Waals surface area contributed by atoms with Gasteiger partial charge >= 0.3 is 5.97 Å². The molecule has 3 aromatic rings. The predicted molar refractivity (Wildman–Crippen MR) is 105 cm³/mol. The number of hydrogen-bond acceptors (Lipinski definition) is 5. The Kier molecular flexibility index (Phi) is 5.97. The molecule has 0 saturated heterocycles. The maximum atomic E-state index is 14.6. The minimum Gasteiger partial charge on any atom is -0.465 e. The average molecular weight is 396 g/mol. The zero-order valence-electron chi connectivity index (χ0n) is 15.8. The van der Waals surface area contributed by atoms with Crippen LogP contribution in [0, 0.1) is 11.6 Å². The normalized spacial score (nSPS) is 10.5. The Hall–Kier alpha value is -3.61. The fourth-order valence-electron chi connectivity index (χ4n) is 2.86. The summed E-state index contributed by atoms with van der Waals surface area (Å²) in [6.07, 6.45) is 1.50. The number of ketones is 1. The van der Waals surface area contributed by atoms with Crippen LogP contribution in [-0.2, 0) is 11.3 Å². The maximum Gasteiger partial charge on any atom is 0.341 e. The number of ether oxygens (including phenoxy) is 1. The van der Waals surface area contributed by atoms with Gasteiger partial charge in [-0.1, -0.05) is 24.3 Å². The largest absolute Gasteiger partial charge is 0.465 e. The van der Waals surface area contributed by atoms with Gasteiger partial charge < -0.3 is 10.1 Å². The van der Waals surface area contributed by atoms with Crippen LogP contribution in [0.5, 0.6) is 0 Å². The average Bonchev–Trinajstić information content (AvgIpc) is 2.72. The summed E-state index contributed by atoms with van der Waals surface area (Å²) >= 11 is 0. The van der Waals surface area contributed by atoms with Gasteiger partial charge in [0.1, 0.15) is 23.0 Å². The summed E-state index contributed by atoms with van der Waals surface area (Å²) in [5, 5.41) is 2.97. The number of Topliss-reactive ketones (excluding diaryl/α,β-unsaturated/α-hetero) is 1. The number of pyridine rings is 1. The molecule has 0 amide bonds. The van der Waals surface area contributed by atoms with Crippen LogP contribution in [0.15, 0.2) is 54.7 Å². The van der Waals surface area contributed by atoms with Crippen molar-refractivity contribution in [2.24, 2.45) is 0 Å². The monoisotopic (exact) mass is 396 g/mol. The van der Waals surface area contributed by atoms with Gasteiger partial charge in [-0.05, 0) is 42.3 Å². The van der Waals surface area contributed by atoms with Gasteiger partial charge in [-0.25, -0.2) is 18.6 Å². The SMILES string of the molecule is COC(=O)c1c(F)cccc1-c1ccc(CNc2cc(C(C)=O)ccn2)c(F)c1. The van der Waals surface area contributed by atoms with Crippen LogP contribution < -0.4 is 5.32 Å². The Morgan fingerprint density at radius 2 is 1.86 bits per heavy atom. The number of hydrogen-bond donors (Lipinski definition) is 1. The summed E-state index contributed by atoms with van der Waals surface area (Å²) < 4.78 is 33.4. The van der Waals surface area contributed by atoms with Crippen molar-refractivity contribution < 1.29 is 23.1 Å². The van der Waals surface area contributed by atoms with Crippen LogP contribution in [0.25, 0.3) is 11.1 Å². The number of aromatic nitrogens is 1. The Bertz CT molecular complexity index is 1080. The number of esters is 1. The molecule has 0 fully saturated rings. The molecule has 0 radical (unpaired) electrons. The Morgan fingerprint density at radius 1 is 1.07 bits per heavy atom. The van der Waals surface area contributed by atoms with Crippen molar-refractivity contribution in [1.82, 2.24) is 4.98 Å². The third-order valence-electron chi connectivity index (χ3n) is 4.39. The summed E-state index contributed by atoms with van der Waals surface area (Å²) in [5.74, 6) is -1.75. The molecule has 0 aliphatic carbocycles. The molecule has 0 aliphatic heterocycles. The lowest BCUT2D eigenvalue weighted by Crippen LogP contribution is -2.07. The van der Waals surface area contributed by atoms with Gasteiger partial charge in [0.2, 0.25) is 0 Å². The van der Waals surface area contributed by atoms with Gasteiger partial charge in [0, 0.05) is 23.9 Å². The number of nitrogens with zero attached hydrogens (tertiary/aromatic N) is 1. The van der Waals surface area contributed by atoms with Crippen molar-refractivity contribution in [1.29, 1.82) is 0 Å². The number of rotatable bonds is 6. The van der Waals surface area contributed by atoms with Crippen molar-refractivity contribution in [3.05, 3.63) is 83.1 Å². The molecule has 1 heterocycles. The van der Waals surface area contributed by atoms with E-state index < -0.39 is 17.6 Å². The van der Waals surface area contributed by atoms with Gasteiger partial charge in [0.05, 0.1) is 7.11 Å². The number of carbonyl (C=O) groups excluding carboxylic acids is 2. The molecular weight excluding hydrogens is 378 g/mol. The standard InChI is InChI=1S/C22H18F2N2O3/c1-13(27)14-8-9-25-20(11-14)26-12-16-7-6-15(10-19(16)24)17-4-3-5-18(23)21(17)22(28)29-2/h3-11H,12H2,1-2H3,(H,25,26). The zero-order chi connectivity index (χ0) is 21.0. The van der Waals surface area contributed by atoms with Crippen LogP contribution in [-0.4, -0.2) is 23.8 Å². The van der Waals surface area contributed by atoms with Crippen molar-refractivity contribution in [3.8, 4) is 11.1 Å². The summed E-state index contributed by atoms with van der Waals surface area (Å²) in [6.45, 7) is 1.58. The second-order valence-electron chi connectivity index (χ2n) is 6.30. The summed E-state index contributed by atoms with van der Waals surface area (Å²) in [5.41, 5.74) is 1.19. The quantitative estimate of drug-likeness (QED) is 0.486. The fourth-order valence-corrected chi connectivity index (χ4v) is 2.86. The van der Waals surface area contributed by atoms with E-state index in [1.807, 2.05) is 0 Å². The zero-order valence-corrected chi connectivity index (χ0v) is 15.8.